The van der Waals surface area contributed by atoms with Crippen molar-refractivity contribution >= 4 is 16.9 Å². The minimum Gasteiger partial charge on any atom is -0.464 e. The monoisotopic (exact) mass is 233 g/mol. The van der Waals surface area contributed by atoms with Crippen LogP contribution in [0.1, 0.15) is 5.56 Å². The molecule has 4 N–H and O–H groups in total. The number of para-hydroxylation sites is 1. The van der Waals surface area contributed by atoms with Crippen molar-refractivity contribution in [3.8, 4) is 0 Å². The van der Waals surface area contributed by atoms with Crippen LogP contribution < -0.4 is 11.6 Å². The van der Waals surface area contributed by atoms with Gasteiger partial charge in [-0.05, 0) is 6.07 Å². The first-order valence-electron chi connectivity index (χ1n) is 5.32. The molecule has 5 heteroatoms. The Balaban J connectivity index is 2.21. The van der Waals surface area contributed by atoms with Gasteiger partial charge in [0.2, 0.25) is 0 Å². The van der Waals surface area contributed by atoms with Crippen molar-refractivity contribution in [1.82, 2.24) is 5.01 Å². The number of hydrazine groups is 1. The Morgan fingerprint density at radius 1 is 1.47 bits per heavy atom. The Labute approximate surface area is 98.9 Å². The van der Waals surface area contributed by atoms with Crippen molar-refractivity contribution in [3.63, 3.8) is 0 Å². The van der Waals surface area contributed by atoms with E-state index < -0.39 is 6.04 Å². The van der Waals surface area contributed by atoms with Crippen LogP contribution in [0.3, 0.4) is 0 Å². The molecule has 0 radical (unpaired) electrons. The number of carbonyl (C=O) groups excluding carboxylic acids is 1. The van der Waals surface area contributed by atoms with Gasteiger partial charge in [0.15, 0.2) is 0 Å². The topological polar surface area (TPSA) is 85.5 Å². The average Bonchev–Trinajstić information content (AvgIpc) is 2.71. The van der Waals surface area contributed by atoms with Crippen LogP contribution in [0.4, 0.5) is 0 Å². The summed E-state index contributed by atoms with van der Waals surface area (Å²) in [5.74, 6) is 5.06. The first-order valence-corrected chi connectivity index (χ1v) is 5.32. The molecule has 2 aromatic rings. The molecule has 0 saturated heterocycles. The summed E-state index contributed by atoms with van der Waals surface area (Å²) in [4.78, 5) is 11.6. The van der Waals surface area contributed by atoms with Crippen LogP contribution in [0.15, 0.2) is 34.9 Å². The second-order valence-corrected chi connectivity index (χ2v) is 4.02. The molecule has 5 nitrogen and oxygen atoms in total. The standard InChI is InChI=1S/C12H15N3O2/c1-15(14)12(16)10(13)6-8-7-17-11-5-3-2-4-9(8)11/h2-5,7,10H,6,13-14H2,1H3. The molecule has 0 bridgehead atoms. The van der Waals surface area contributed by atoms with Gasteiger partial charge in [0.05, 0.1) is 12.3 Å². The number of hydrogen-bond acceptors (Lipinski definition) is 4. The summed E-state index contributed by atoms with van der Waals surface area (Å²) in [6, 6.07) is 6.99. The first-order chi connectivity index (χ1) is 8.09. The average molecular weight is 233 g/mol. The predicted octanol–water partition coefficient (Wildman–Crippen LogP) is 0.635. The van der Waals surface area contributed by atoms with Crippen LogP contribution in [0.25, 0.3) is 11.0 Å². The fourth-order valence-corrected chi connectivity index (χ4v) is 1.78. The lowest BCUT2D eigenvalue weighted by atomic mass is 10.1. The highest BCUT2D eigenvalue weighted by atomic mass is 16.3. The number of furan rings is 1. The Kier molecular flexibility index (Phi) is 3.12. The lowest BCUT2D eigenvalue weighted by Crippen LogP contribution is -2.46. The van der Waals surface area contributed by atoms with Gasteiger partial charge >= 0.3 is 0 Å². The summed E-state index contributed by atoms with van der Waals surface area (Å²) < 4.78 is 5.38. The number of benzene rings is 1. The first kappa shape index (κ1) is 11.6. The molecule has 1 aromatic heterocycles. The zero-order valence-corrected chi connectivity index (χ0v) is 9.59. The molecule has 17 heavy (non-hydrogen) atoms. The fourth-order valence-electron chi connectivity index (χ4n) is 1.78. The van der Waals surface area contributed by atoms with E-state index in [1.165, 1.54) is 7.05 Å². The van der Waals surface area contributed by atoms with Crippen molar-refractivity contribution in [1.29, 1.82) is 0 Å². The minimum atomic E-state index is -0.647. The van der Waals surface area contributed by atoms with Crippen molar-refractivity contribution < 1.29 is 9.21 Å². The molecule has 0 spiro atoms. The number of amides is 1. The number of fused-ring (bicyclic) bond motifs is 1. The van der Waals surface area contributed by atoms with Crippen LogP contribution in [0.5, 0.6) is 0 Å². The lowest BCUT2D eigenvalue weighted by molar-refractivity contribution is -0.131. The number of rotatable bonds is 3. The summed E-state index contributed by atoms with van der Waals surface area (Å²) in [7, 11) is 1.48. The maximum atomic E-state index is 11.6. The summed E-state index contributed by atoms with van der Waals surface area (Å²) in [5.41, 5.74) is 7.50. The lowest BCUT2D eigenvalue weighted by Gasteiger charge is -2.15. The van der Waals surface area contributed by atoms with Gasteiger partial charge in [-0.1, -0.05) is 18.2 Å². The summed E-state index contributed by atoms with van der Waals surface area (Å²) in [6.07, 6.45) is 2.05. The van der Waals surface area contributed by atoms with Gasteiger partial charge in [0.1, 0.15) is 5.58 Å². The molecule has 0 aliphatic rings. The highest BCUT2D eigenvalue weighted by Gasteiger charge is 2.18. The molecule has 0 fully saturated rings. The molecule has 1 atom stereocenters. The molecule has 0 aliphatic heterocycles. The summed E-state index contributed by atoms with van der Waals surface area (Å²) in [6.45, 7) is 0. The predicted molar refractivity (Wildman–Crippen MR) is 64.9 cm³/mol. The van der Waals surface area contributed by atoms with Crippen LogP contribution in [0, 0.1) is 0 Å². The third kappa shape index (κ3) is 2.30. The molecule has 1 aromatic carbocycles. The van der Waals surface area contributed by atoms with Crippen molar-refractivity contribution in [3.05, 3.63) is 36.1 Å². The largest absolute Gasteiger partial charge is 0.464 e. The van der Waals surface area contributed by atoms with Gasteiger partial charge in [-0.3, -0.25) is 9.80 Å². The third-order valence-electron chi connectivity index (χ3n) is 2.67. The van der Waals surface area contributed by atoms with Gasteiger partial charge < -0.3 is 10.2 Å². The number of hydrogen-bond donors (Lipinski definition) is 2. The maximum absolute atomic E-state index is 11.6. The SMILES string of the molecule is CN(N)C(=O)C(N)Cc1coc2ccccc12. The van der Waals surface area contributed by atoms with Crippen molar-refractivity contribution in [2.75, 3.05) is 7.05 Å². The normalized spacial score (nSPS) is 12.6. The van der Waals surface area contributed by atoms with Gasteiger partial charge in [-0.2, -0.15) is 0 Å². The minimum absolute atomic E-state index is 0.296. The van der Waals surface area contributed by atoms with Crippen LogP contribution >= 0.6 is 0 Å². The van der Waals surface area contributed by atoms with Gasteiger partial charge in [0.25, 0.3) is 5.91 Å². The second-order valence-electron chi connectivity index (χ2n) is 4.02. The zero-order valence-electron chi connectivity index (χ0n) is 9.59. The van der Waals surface area contributed by atoms with Crippen LogP contribution in [-0.2, 0) is 11.2 Å². The highest BCUT2D eigenvalue weighted by Crippen LogP contribution is 2.21. The molecule has 0 saturated carbocycles. The van der Waals surface area contributed by atoms with E-state index in [0.29, 0.717) is 6.42 Å². The van der Waals surface area contributed by atoms with Crippen LogP contribution in [-0.4, -0.2) is 24.0 Å². The molecule has 1 unspecified atom stereocenters. The Hall–Kier alpha value is -1.85. The quantitative estimate of drug-likeness (QED) is 0.462. The smallest absolute Gasteiger partial charge is 0.253 e. The van der Waals surface area contributed by atoms with E-state index in [-0.39, 0.29) is 5.91 Å². The van der Waals surface area contributed by atoms with E-state index in [0.717, 1.165) is 21.5 Å². The van der Waals surface area contributed by atoms with E-state index in [4.69, 9.17) is 16.0 Å². The number of nitrogens with two attached hydrogens (primary N) is 2. The van der Waals surface area contributed by atoms with E-state index >= 15 is 0 Å². The fraction of sp³-hybridized carbons (Fsp3) is 0.250. The second kappa shape index (κ2) is 4.57. The Bertz CT molecular complexity index is 533. The number of likely N-dealkylation sites (N-methyl/N-ethyl adjacent to an activating group) is 1. The molecule has 1 heterocycles. The molecular weight excluding hydrogens is 218 g/mol. The molecule has 2 rings (SSSR count). The van der Waals surface area contributed by atoms with Gasteiger partial charge in [-0.15, -0.1) is 0 Å². The number of carbonyl (C=O) groups is 1. The highest BCUT2D eigenvalue weighted by molar-refractivity contribution is 5.84. The van der Waals surface area contributed by atoms with Crippen molar-refractivity contribution in [2.45, 2.75) is 12.5 Å². The molecule has 1 amide bonds. The maximum Gasteiger partial charge on any atom is 0.253 e. The van der Waals surface area contributed by atoms with E-state index in [2.05, 4.69) is 0 Å². The van der Waals surface area contributed by atoms with E-state index in [1.807, 2.05) is 24.3 Å². The Morgan fingerprint density at radius 2 is 2.18 bits per heavy atom. The molecular formula is C12H15N3O2. The van der Waals surface area contributed by atoms with Gasteiger partial charge in [0, 0.05) is 24.4 Å². The van der Waals surface area contributed by atoms with Crippen LogP contribution in [0.2, 0.25) is 0 Å². The zero-order chi connectivity index (χ0) is 12.4. The Morgan fingerprint density at radius 3 is 2.88 bits per heavy atom. The summed E-state index contributed by atoms with van der Waals surface area (Å²) >= 11 is 0. The van der Waals surface area contributed by atoms with E-state index in [9.17, 15) is 4.79 Å². The molecule has 90 valence electrons. The van der Waals surface area contributed by atoms with Crippen molar-refractivity contribution in [2.24, 2.45) is 11.6 Å². The summed E-state index contributed by atoms with van der Waals surface area (Å²) in [5, 5.41) is 1.99. The third-order valence-corrected chi connectivity index (χ3v) is 2.67. The van der Waals surface area contributed by atoms with Gasteiger partial charge in [-0.25, -0.2) is 5.84 Å². The number of nitrogens with zero attached hydrogens (tertiary/aromatic N) is 1. The van der Waals surface area contributed by atoms with E-state index in [1.54, 1.807) is 6.26 Å². The molecule has 0 aliphatic carbocycles.